The van der Waals surface area contributed by atoms with Crippen LogP contribution in [0.3, 0.4) is 0 Å². The maximum absolute atomic E-state index is 12.0. The molecule has 0 radical (unpaired) electrons. The van der Waals surface area contributed by atoms with Gasteiger partial charge in [0.15, 0.2) is 0 Å². The van der Waals surface area contributed by atoms with Gasteiger partial charge in [-0.25, -0.2) is 13.4 Å². The molecule has 1 aliphatic heterocycles. The van der Waals surface area contributed by atoms with Crippen LogP contribution in [0.4, 0.5) is 0 Å². The van der Waals surface area contributed by atoms with Gasteiger partial charge in [-0.3, -0.25) is 9.80 Å². The van der Waals surface area contributed by atoms with Crippen molar-refractivity contribution in [2.24, 2.45) is 0 Å². The number of ether oxygens (including phenoxy) is 1. The van der Waals surface area contributed by atoms with Crippen LogP contribution < -0.4 is 0 Å². The van der Waals surface area contributed by atoms with Crippen LogP contribution in [0.5, 0.6) is 0 Å². The fourth-order valence-corrected chi connectivity index (χ4v) is 4.50. The molecule has 144 valence electrons. The highest BCUT2D eigenvalue weighted by molar-refractivity contribution is 7.90. The van der Waals surface area contributed by atoms with E-state index in [4.69, 9.17) is 4.74 Å². The first-order valence-electron chi connectivity index (χ1n) is 9.10. The van der Waals surface area contributed by atoms with E-state index in [1.54, 1.807) is 13.3 Å². The van der Waals surface area contributed by atoms with Crippen LogP contribution in [0.2, 0.25) is 0 Å². The molecule has 1 unspecified atom stereocenters. The molecule has 0 amide bonds. The second kappa shape index (κ2) is 9.12. The second-order valence-corrected chi connectivity index (χ2v) is 8.61. The molecule has 1 fully saturated rings. The number of imidazole rings is 1. The summed E-state index contributed by atoms with van der Waals surface area (Å²) in [6.45, 7) is 10.6. The minimum Gasteiger partial charge on any atom is -0.385 e. The molecule has 25 heavy (non-hydrogen) atoms. The van der Waals surface area contributed by atoms with Gasteiger partial charge in [-0.1, -0.05) is 13.8 Å². The quantitative estimate of drug-likeness (QED) is 0.576. The van der Waals surface area contributed by atoms with E-state index in [-0.39, 0.29) is 5.16 Å². The molecule has 2 rings (SSSR count). The number of methoxy groups -OCH3 is 1. The Hall–Kier alpha value is -0.960. The van der Waals surface area contributed by atoms with Gasteiger partial charge < -0.3 is 9.30 Å². The Morgan fingerprint density at radius 3 is 2.68 bits per heavy atom. The molecule has 0 spiro atoms. The lowest BCUT2D eigenvalue weighted by Gasteiger charge is -2.26. The van der Waals surface area contributed by atoms with Crippen LogP contribution in [0.1, 0.15) is 32.4 Å². The number of aromatic nitrogens is 2. The van der Waals surface area contributed by atoms with Gasteiger partial charge in [0.2, 0.25) is 15.0 Å². The van der Waals surface area contributed by atoms with Gasteiger partial charge in [0.25, 0.3) is 0 Å². The monoisotopic (exact) mass is 372 g/mol. The summed E-state index contributed by atoms with van der Waals surface area (Å²) in [7, 11) is -1.67. The van der Waals surface area contributed by atoms with Crippen molar-refractivity contribution in [3.8, 4) is 0 Å². The zero-order valence-electron chi connectivity index (χ0n) is 15.9. The maximum atomic E-state index is 12.0. The minimum atomic E-state index is -3.33. The molecule has 2 heterocycles. The number of rotatable bonds is 10. The smallest absolute Gasteiger partial charge is 0.227 e. The molecule has 0 N–H and O–H groups in total. The molecular weight excluding hydrogens is 340 g/mol. The number of likely N-dealkylation sites (N-methyl/N-ethyl adjacent to an activating group) is 1. The normalized spacial score (nSPS) is 19.2. The van der Waals surface area contributed by atoms with E-state index in [9.17, 15) is 8.42 Å². The summed E-state index contributed by atoms with van der Waals surface area (Å²) in [6.07, 6.45) is 4.87. The standard InChI is InChI=1S/C17H32N4O3S/c1-5-20(6-2)15-8-10-19(13-15)14-16-12-18-17(25(4,22)23)21(16)9-7-11-24-3/h12,15H,5-11,13-14H2,1-4H3. The molecule has 1 atom stereocenters. The predicted octanol–water partition coefficient (Wildman–Crippen LogP) is 1.24. The first kappa shape index (κ1) is 20.4. The van der Waals surface area contributed by atoms with Gasteiger partial charge in [0.1, 0.15) is 0 Å². The number of nitrogens with zero attached hydrogens (tertiary/aromatic N) is 4. The average molecular weight is 373 g/mol. The molecule has 1 saturated heterocycles. The topological polar surface area (TPSA) is 67.7 Å². The van der Waals surface area contributed by atoms with E-state index in [1.807, 2.05) is 4.57 Å². The first-order valence-corrected chi connectivity index (χ1v) is 11.0. The Morgan fingerprint density at radius 1 is 1.36 bits per heavy atom. The Bertz CT molecular complexity index is 640. The SMILES string of the molecule is CCN(CC)C1CCN(Cc2cnc(S(C)(=O)=O)n2CCCOC)C1. The Morgan fingerprint density at radius 2 is 2.08 bits per heavy atom. The summed E-state index contributed by atoms with van der Waals surface area (Å²) >= 11 is 0. The molecule has 1 aromatic rings. The molecule has 1 aromatic heterocycles. The first-order chi connectivity index (χ1) is 11.9. The molecule has 7 nitrogen and oxygen atoms in total. The van der Waals surface area contributed by atoms with Crippen molar-refractivity contribution in [3.63, 3.8) is 0 Å². The van der Waals surface area contributed by atoms with E-state index in [2.05, 4.69) is 28.6 Å². The van der Waals surface area contributed by atoms with E-state index in [0.29, 0.717) is 19.2 Å². The molecule has 0 aromatic carbocycles. The zero-order chi connectivity index (χ0) is 18.4. The van der Waals surface area contributed by atoms with Crippen LogP contribution >= 0.6 is 0 Å². The highest BCUT2D eigenvalue weighted by Gasteiger charge is 2.27. The predicted molar refractivity (Wildman–Crippen MR) is 98.4 cm³/mol. The minimum absolute atomic E-state index is 0.165. The van der Waals surface area contributed by atoms with Crippen molar-refractivity contribution >= 4 is 9.84 Å². The highest BCUT2D eigenvalue weighted by atomic mass is 32.2. The summed E-state index contributed by atoms with van der Waals surface area (Å²) in [5, 5.41) is 0.165. The largest absolute Gasteiger partial charge is 0.385 e. The van der Waals surface area contributed by atoms with E-state index in [1.165, 1.54) is 12.7 Å². The molecular formula is C17H32N4O3S. The van der Waals surface area contributed by atoms with Crippen molar-refractivity contribution in [3.05, 3.63) is 11.9 Å². The zero-order valence-corrected chi connectivity index (χ0v) is 16.8. The van der Waals surface area contributed by atoms with Crippen molar-refractivity contribution in [2.45, 2.75) is 51.0 Å². The fraction of sp³-hybridized carbons (Fsp3) is 0.824. The van der Waals surface area contributed by atoms with Crippen molar-refractivity contribution < 1.29 is 13.2 Å². The molecule has 0 bridgehead atoms. The lowest BCUT2D eigenvalue weighted by Crippen LogP contribution is -2.37. The maximum Gasteiger partial charge on any atom is 0.227 e. The third kappa shape index (κ3) is 5.26. The number of hydrogen-bond acceptors (Lipinski definition) is 6. The number of likely N-dealkylation sites (tertiary alicyclic amines) is 1. The fourth-order valence-electron chi connectivity index (χ4n) is 3.64. The van der Waals surface area contributed by atoms with Crippen LogP contribution in [-0.2, 0) is 27.7 Å². The van der Waals surface area contributed by atoms with Crippen molar-refractivity contribution in [2.75, 3.05) is 46.2 Å². The molecule has 1 aliphatic rings. The lowest BCUT2D eigenvalue weighted by molar-refractivity contribution is 0.187. The van der Waals surface area contributed by atoms with E-state index in [0.717, 1.165) is 44.8 Å². The summed E-state index contributed by atoms with van der Waals surface area (Å²) in [5.41, 5.74) is 0.969. The average Bonchev–Trinajstić information content (AvgIpc) is 3.17. The van der Waals surface area contributed by atoms with Gasteiger partial charge in [-0.15, -0.1) is 0 Å². The number of sulfone groups is 1. The van der Waals surface area contributed by atoms with Crippen molar-refractivity contribution in [1.29, 1.82) is 0 Å². The van der Waals surface area contributed by atoms with Gasteiger partial charge >= 0.3 is 0 Å². The Kier molecular flexibility index (Phi) is 7.42. The van der Waals surface area contributed by atoms with Gasteiger partial charge in [-0.05, 0) is 25.9 Å². The molecule has 8 heteroatoms. The van der Waals surface area contributed by atoms with Crippen molar-refractivity contribution in [1.82, 2.24) is 19.4 Å². The van der Waals surface area contributed by atoms with Gasteiger partial charge in [0, 0.05) is 52.2 Å². The Balaban J connectivity index is 2.10. The second-order valence-electron chi connectivity index (χ2n) is 6.70. The van der Waals surface area contributed by atoms with E-state index < -0.39 is 9.84 Å². The molecule has 0 aliphatic carbocycles. The molecule has 0 saturated carbocycles. The summed E-state index contributed by atoms with van der Waals surface area (Å²) in [6, 6.07) is 0.592. The summed E-state index contributed by atoms with van der Waals surface area (Å²) in [5.74, 6) is 0. The highest BCUT2D eigenvalue weighted by Crippen LogP contribution is 2.20. The lowest BCUT2D eigenvalue weighted by atomic mass is 10.2. The van der Waals surface area contributed by atoms with Crippen LogP contribution in [0, 0.1) is 0 Å². The van der Waals surface area contributed by atoms with Crippen LogP contribution in [0.25, 0.3) is 0 Å². The van der Waals surface area contributed by atoms with E-state index >= 15 is 0 Å². The summed E-state index contributed by atoms with van der Waals surface area (Å²) < 4.78 is 31.0. The van der Waals surface area contributed by atoms with Gasteiger partial charge in [0.05, 0.1) is 11.9 Å². The number of hydrogen-bond donors (Lipinski definition) is 0. The van der Waals surface area contributed by atoms with Gasteiger partial charge in [-0.2, -0.15) is 0 Å². The third-order valence-corrected chi connectivity index (χ3v) is 5.91. The van der Waals surface area contributed by atoms with Crippen LogP contribution in [-0.4, -0.2) is 80.0 Å². The summed E-state index contributed by atoms with van der Waals surface area (Å²) in [4.78, 5) is 9.09. The van der Waals surface area contributed by atoms with Crippen LogP contribution in [0.15, 0.2) is 11.4 Å². The Labute approximate surface area is 151 Å². The third-order valence-electron chi connectivity index (χ3n) is 4.93.